The molecule has 2 aliphatic rings. The maximum absolute atomic E-state index is 13.5. The Bertz CT molecular complexity index is 913. The van der Waals surface area contributed by atoms with E-state index >= 15 is 0 Å². The molecule has 0 aromatic heterocycles. The summed E-state index contributed by atoms with van der Waals surface area (Å²) in [5.74, 6) is -0.906. The lowest BCUT2D eigenvalue weighted by Gasteiger charge is -2.36. The fourth-order valence-electron chi connectivity index (χ4n) is 3.94. The topological polar surface area (TPSA) is 48.0 Å². The van der Waals surface area contributed by atoms with Gasteiger partial charge in [0.25, 0.3) is 0 Å². The van der Waals surface area contributed by atoms with Crippen molar-refractivity contribution in [2.75, 3.05) is 49.5 Å². The van der Waals surface area contributed by atoms with Gasteiger partial charge < -0.3 is 20.1 Å². The number of anilines is 2. The predicted octanol–water partition coefficient (Wildman–Crippen LogP) is 3.40. The van der Waals surface area contributed by atoms with Gasteiger partial charge in [0.1, 0.15) is 18.5 Å². The van der Waals surface area contributed by atoms with Crippen LogP contribution in [0.25, 0.3) is 0 Å². The summed E-state index contributed by atoms with van der Waals surface area (Å²) in [7, 11) is 0. The second kappa shape index (κ2) is 9.02. The monoisotopic (exact) mass is 415 g/mol. The Morgan fingerprint density at radius 1 is 1.03 bits per heavy atom. The SMILES string of the molecule is C=C1CCc2cc(OC[C@@H](O)CN3CCN(c4ccc(F)c(F)c4)CC3)ccc2N1. The number of nitrogens with zero attached hydrogens (tertiary/aromatic N) is 2. The second-order valence-electron chi connectivity index (χ2n) is 7.90. The van der Waals surface area contributed by atoms with Crippen molar-refractivity contribution in [2.45, 2.75) is 18.9 Å². The van der Waals surface area contributed by atoms with Crippen LogP contribution in [0.1, 0.15) is 12.0 Å². The van der Waals surface area contributed by atoms with Crippen molar-refractivity contribution in [3.05, 3.63) is 65.9 Å². The van der Waals surface area contributed by atoms with Crippen LogP contribution in [-0.4, -0.2) is 55.4 Å². The Hall–Kier alpha value is -2.64. The number of aliphatic hydroxyl groups excluding tert-OH is 1. The minimum atomic E-state index is -0.832. The standard InChI is InChI=1S/C23H27F2N3O2/c1-16-2-3-17-12-20(5-7-23(17)26-16)30-15-19(29)14-27-8-10-28(11-9-27)18-4-6-21(24)22(25)13-18/h4-7,12-13,19,26,29H,1-3,8-11,14-15H2/t19-/m0/s1. The molecule has 30 heavy (non-hydrogen) atoms. The van der Waals surface area contributed by atoms with Gasteiger partial charge in [0.05, 0.1) is 0 Å². The first-order valence-electron chi connectivity index (χ1n) is 10.3. The molecule has 0 aliphatic carbocycles. The largest absolute Gasteiger partial charge is 0.491 e. The number of β-amino-alcohol motifs (C(OH)–C–C–N with tert-alkyl or cyclic N) is 1. The molecule has 2 aliphatic heterocycles. The number of aryl methyl sites for hydroxylation is 1. The molecule has 2 heterocycles. The van der Waals surface area contributed by atoms with Crippen molar-refractivity contribution in [1.29, 1.82) is 0 Å². The number of benzene rings is 2. The second-order valence-corrected chi connectivity index (χ2v) is 7.90. The van der Waals surface area contributed by atoms with Crippen molar-refractivity contribution < 1.29 is 18.6 Å². The molecule has 1 fully saturated rings. The van der Waals surface area contributed by atoms with E-state index in [0.29, 0.717) is 25.3 Å². The molecule has 0 radical (unpaired) electrons. The molecule has 2 aromatic carbocycles. The van der Waals surface area contributed by atoms with Gasteiger partial charge >= 0.3 is 0 Å². The van der Waals surface area contributed by atoms with Gasteiger partial charge in [-0.2, -0.15) is 0 Å². The summed E-state index contributed by atoms with van der Waals surface area (Å²) in [5, 5.41) is 13.7. The number of hydrogen-bond acceptors (Lipinski definition) is 5. The molecule has 160 valence electrons. The summed E-state index contributed by atoms with van der Waals surface area (Å²) in [6.07, 6.45) is 1.24. The molecule has 1 saturated heterocycles. The summed E-state index contributed by atoms with van der Waals surface area (Å²) in [6.45, 7) is 7.57. The van der Waals surface area contributed by atoms with E-state index in [9.17, 15) is 13.9 Å². The summed E-state index contributed by atoms with van der Waals surface area (Å²) >= 11 is 0. The molecule has 0 spiro atoms. The number of fused-ring (bicyclic) bond motifs is 1. The highest BCUT2D eigenvalue weighted by Crippen LogP contribution is 2.29. The number of allylic oxidation sites excluding steroid dienone is 1. The van der Waals surface area contributed by atoms with Gasteiger partial charge in [-0.1, -0.05) is 6.58 Å². The van der Waals surface area contributed by atoms with Crippen LogP contribution in [0.3, 0.4) is 0 Å². The maximum atomic E-state index is 13.5. The number of hydrogen-bond donors (Lipinski definition) is 2. The zero-order valence-corrected chi connectivity index (χ0v) is 16.9. The molecule has 0 unspecified atom stereocenters. The van der Waals surface area contributed by atoms with Gasteiger partial charge in [0, 0.05) is 55.9 Å². The van der Waals surface area contributed by atoms with Crippen LogP contribution in [0.5, 0.6) is 5.75 Å². The molecule has 1 atom stereocenters. The molecule has 0 bridgehead atoms. The Balaban J connectivity index is 1.23. The summed E-state index contributed by atoms with van der Waals surface area (Å²) in [4.78, 5) is 4.19. The third-order valence-electron chi connectivity index (χ3n) is 5.64. The van der Waals surface area contributed by atoms with Crippen molar-refractivity contribution in [3.63, 3.8) is 0 Å². The zero-order chi connectivity index (χ0) is 21.1. The summed E-state index contributed by atoms with van der Waals surface area (Å²) < 4.78 is 32.4. The fourth-order valence-corrected chi connectivity index (χ4v) is 3.94. The Kier molecular flexibility index (Phi) is 6.20. The van der Waals surface area contributed by atoms with E-state index in [0.717, 1.165) is 49.1 Å². The lowest BCUT2D eigenvalue weighted by atomic mass is 10.0. The van der Waals surface area contributed by atoms with Gasteiger partial charge in [-0.3, -0.25) is 4.90 Å². The predicted molar refractivity (Wildman–Crippen MR) is 114 cm³/mol. The first-order valence-corrected chi connectivity index (χ1v) is 10.3. The van der Waals surface area contributed by atoms with Crippen LogP contribution in [0, 0.1) is 11.6 Å². The Morgan fingerprint density at radius 2 is 1.83 bits per heavy atom. The van der Waals surface area contributed by atoms with E-state index in [-0.39, 0.29) is 6.61 Å². The van der Waals surface area contributed by atoms with Gasteiger partial charge in [-0.15, -0.1) is 0 Å². The molecule has 7 heteroatoms. The average molecular weight is 415 g/mol. The van der Waals surface area contributed by atoms with Crippen LogP contribution >= 0.6 is 0 Å². The average Bonchev–Trinajstić information content (AvgIpc) is 2.75. The van der Waals surface area contributed by atoms with E-state index in [2.05, 4.69) is 16.8 Å². The van der Waals surface area contributed by atoms with E-state index in [1.807, 2.05) is 23.1 Å². The fraction of sp³-hybridized carbons (Fsp3) is 0.391. The van der Waals surface area contributed by atoms with Gasteiger partial charge in [0.15, 0.2) is 11.6 Å². The van der Waals surface area contributed by atoms with Crippen LogP contribution in [0.15, 0.2) is 48.7 Å². The lowest BCUT2D eigenvalue weighted by Crippen LogP contribution is -2.49. The van der Waals surface area contributed by atoms with Crippen molar-refractivity contribution in [2.24, 2.45) is 0 Å². The summed E-state index contributed by atoms with van der Waals surface area (Å²) in [6, 6.07) is 9.89. The van der Waals surface area contributed by atoms with Crippen molar-refractivity contribution in [1.82, 2.24) is 4.90 Å². The molecule has 5 nitrogen and oxygen atoms in total. The minimum absolute atomic E-state index is 0.225. The van der Waals surface area contributed by atoms with E-state index < -0.39 is 17.7 Å². The minimum Gasteiger partial charge on any atom is -0.491 e. The number of nitrogens with one attached hydrogen (secondary N) is 1. The zero-order valence-electron chi connectivity index (χ0n) is 16.9. The molecule has 0 saturated carbocycles. The van der Waals surface area contributed by atoms with E-state index in [4.69, 9.17) is 4.74 Å². The highest BCUT2D eigenvalue weighted by molar-refractivity contribution is 5.59. The quantitative estimate of drug-likeness (QED) is 0.757. The van der Waals surface area contributed by atoms with E-state index in [1.165, 1.54) is 11.6 Å². The first kappa shape index (κ1) is 20.6. The Labute approximate surface area is 175 Å². The molecule has 2 N–H and O–H groups in total. The van der Waals surface area contributed by atoms with Crippen molar-refractivity contribution in [3.8, 4) is 5.75 Å². The van der Waals surface area contributed by atoms with Crippen molar-refractivity contribution >= 4 is 11.4 Å². The molecule has 0 amide bonds. The van der Waals surface area contributed by atoms with Crippen LogP contribution in [-0.2, 0) is 6.42 Å². The third-order valence-corrected chi connectivity index (χ3v) is 5.64. The third kappa shape index (κ3) is 4.91. The highest BCUT2D eigenvalue weighted by atomic mass is 19.2. The lowest BCUT2D eigenvalue weighted by molar-refractivity contribution is 0.0663. The number of halogens is 2. The number of ether oxygens (including phenoxy) is 1. The maximum Gasteiger partial charge on any atom is 0.160 e. The van der Waals surface area contributed by atoms with Crippen LogP contribution in [0.4, 0.5) is 20.2 Å². The number of piperazine rings is 1. The number of rotatable bonds is 6. The summed E-state index contributed by atoms with van der Waals surface area (Å²) in [5.41, 5.74) is 3.97. The normalized spacial score (nSPS) is 18.0. The van der Waals surface area contributed by atoms with E-state index in [1.54, 1.807) is 6.07 Å². The first-order chi connectivity index (χ1) is 14.5. The highest BCUT2D eigenvalue weighted by Gasteiger charge is 2.21. The smallest absolute Gasteiger partial charge is 0.160 e. The molecule has 4 rings (SSSR count). The van der Waals surface area contributed by atoms with Gasteiger partial charge in [0.2, 0.25) is 0 Å². The number of aliphatic hydroxyl groups is 1. The Morgan fingerprint density at radius 3 is 2.60 bits per heavy atom. The van der Waals surface area contributed by atoms with Crippen LogP contribution in [0.2, 0.25) is 0 Å². The van der Waals surface area contributed by atoms with Crippen LogP contribution < -0.4 is 15.0 Å². The van der Waals surface area contributed by atoms with Gasteiger partial charge in [-0.25, -0.2) is 8.78 Å². The molecule has 2 aromatic rings. The molecular weight excluding hydrogens is 388 g/mol. The molecular formula is C23H27F2N3O2. The van der Waals surface area contributed by atoms with Gasteiger partial charge in [-0.05, 0) is 48.7 Å².